The van der Waals surface area contributed by atoms with Crippen molar-refractivity contribution < 1.29 is 19.1 Å². The van der Waals surface area contributed by atoms with Crippen molar-refractivity contribution in [2.45, 2.75) is 26.3 Å². The van der Waals surface area contributed by atoms with E-state index in [1.165, 1.54) is 0 Å². The fourth-order valence-corrected chi connectivity index (χ4v) is 6.32. The Morgan fingerprint density at radius 2 is 1.76 bits per heavy atom. The van der Waals surface area contributed by atoms with Gasteiger partial charge in [-0.3, -0.25) is 15.0 Å². The molecule has 14 nitrogen and oxygen atoms in total. The van der Waals surface area contributed by atoms with Crippen LogP contribution in [0.15, 0.2) is 97.2 Å². The van der Waals surface area contributed by atoms with Crippen molar-refractivity contribution in [1.82, 2.24) is 30.0 Å². The number of ether oxygens (including phenoxy) is 2. The number of benzene rings is 4. The summed E-state index contributed by atoms with van der Waals surface area (Å²) < 4.78 is 13.3. The molecule has 0 saturated carbocycles. The molecular weight excluding hydrogens is 733 g/mol. The van der Waals surface area contributed by atoms with Gasteiger partial charge >= 0.3 is 6.03 Å². The number of carbonyl (C=O) groups is 2. The van der Waals surface area contributed by atoms with E-state index in [-0.39, 0.29) is 17.7 Å². The number of aryl methyl sites for hydroxylation is 1. The van der Waals surface area contributed by atoms with E-state index in [2.05, 4.69) is 52.0 Å². The van der Waals surface area contributed by atoms with Gasteiger partial charge in [0, 0.05) is 85.9 Å². The molecule has 4 aromatic carbocycles. The van der Waals surface area contributed by atoms with Crippen molar-refractivity contribution in [2.75, 3.05) is 55.3 Å². The molecule has 58 heavy (non-hydrogen) atoms. The molecule has 1 fully saturated rings. The maximum Gasteiger partial charge on any atom is 0.324 e. The van der Waals surface area contributed by atoms with E-state index in [1.54, 1.807) is 67.2 Å². The highest BCUT2D eigenvalue weighted by Gasteiger charge is 2.31. The Kier molecular flexibility index (Phi) is 11.6. The highest BCUT2D eigenvalue weighted by atomic mass is 16.5. The van der Waals surface area contributed by atoms with Gasteiger partial charge in [-0.05, 0) is 49.4 Å². The van der Waals surface area contributed by atoms with Crippen LogP contribution in [-0.2, 0) is 10.3 Å². The largest absolute Gasteiger partial charge is 0.438 e. The number of rotatable bonds is 12. The van der Waals surface area contributed by atoms with Gasteiger partial charge < -0.3 is 30.3 Å². The van der Waals surface area contributed by atoms with E-state index in [0.29, 0.717) is 59.5 Å². The van der Waals surface area contributed by atoms with Crippen LogP contribution in [0.1, 0.15) is 41.0 Å². The van der Waals surface area contributed by atoms with Crippen molar-refractivity contribution >= 4 is 45.9 Å². The molecule has 3 amide bonds. The molecule has 3 heterocycles. The fraction of sp³-hybridized carbons (Fsp3) is 0.227. The summed E-state index contributed by atoms with van der Waals surface area (Å²) in [6, 6.07) is 26.7. The van der Waals surface area contributed by atoms with Crippen LogP contribution in [0.2, 0.25) is 0 Å². The molecule has 1 aliphatic rings. The first kappa shape index (κ1) is 39.0. The van der Waals surface area contributed by atoms with Gasteiger partial charge in [-0.2, -0.15) is 10.1 Å². The molecular formula is C44H42N10O4. The summed E-state index contributed by atoms with van der Waals surface area (Å²) >= 11 is 0. The maximum absolute atomic E-state index is 13.5. The lowest BCUT2D eigenvalue weighted by atomic mass is 10.0. The second-order valence-corrected chi connectivity index (χ2v) is 14.2. The number of carbonyl (C=O) groups excluding carboxylic acids is 2. The first-order valence-electron chi connectivity index (χ1n) is 18.7. The summed E-state index contributed by atoms with van der Waals surface area (Å²) in [6.45, 7) is 17.5. The van der Waals surface area contributed by atoms with Crippen LogP contribution < -0.4 is 26.0 Å². The summed E-state index contributed by atoms with van der Waals surface area (Å²) in [6.07, 6.45) is 7.30. The SMILES string of the molecule is [C-]#[N+]C(C)(C)c1cc(NC(=O)Nc2ccc(Oc3ccnc(Nc4cc(C#C)cc(C(=O)NCCN5CCOCC5)c4)n3)c3ccccc23)n(-c2ccc(C)cc2)n1. The molecule has 0 bridgehead atoms. The van der Waals surface area contributed by atoms with E-state index in [0.717, 1.165) is 41.7 Å². The highest BCUT2D eigenvalue weighted by Crippen LogP contribution is 2.35. The summed E-state index contributed by atoms with van der Waals surface area (Å²) in [5, 5.41) is 18.2. The molecule has 0 unspecified atom stereocenters. The van der Waals surface area contributed by atoms with E-state index >= 15 is 0 Å². The molecule has 14 heteroatoms. The number of hydrogen-bond acceptors (Lipinski definition) is 9. The van der Waals surface area contributed by atoms with Crippen LogP contribution >= 0.6 is 0 Å². The van der Waals surface area contributed by atoms with E-state index < -0.39 is 11.6 Å². The molecule has 0 spiro atoms. The molecule has 6 aromatic rings. The van der Waals surface area contributed by atoms with Crippen molar-refractivity contribution in [3.8, 4) is 29.7 Å². The lowest BCUT2D eigenvalue weighted by molar-refractivity contribution is 0.0383. The predicted molar refractivity (Wildman–Crippen MR) is 224 cm³/mol. The quantitative estimate of drug-likeness (QED) is 0.0732. The Balaban J connectivity index is 1.05. The van der Waals surface area contributed by atoms with Gasteiger partial charge in [-0.15, -0.1) is 6.42 Å². The number of aromatic nitrogens is 4. The Bertz CT molecular complexity index is 2550. The van der Waals surface area contributed by atoms with Gasteiger partial charge in [0.1, 0.15) is 17.3 Å². The third kappa shape index (κ3) is 9.22. The van der Waals surface area contributed by atoms with Crippen LogP contribution in [0, 0.1) is 25.8 Å². The van der Waals surface area contributed by atoms with Crippen LogP contribution in [0.25, 0.3) is 21.3 Å². The minimum Gasteiger partial charge on any atom is -0.438 e. The fourth-order valence-electron chi connectivity index (χ4n) is 6.32. The van der Waals surface area contributed by atoms with E-state index in [9.17, 15) is 9.59 Å². The Hall–Kier alpha value is -7.26. The molecule has 4 N–H and O–H groups in total. The number of nitrogens with one attached hydrogen (secondary N) is 4. The molecule has 2 aromatic heterocycles. The van der Waals surface area contributed by atoms with Crippen molar-refractivity contribution in [1.29, 1.82) is 0 Å². The van der Waals surface area contributed by atoms with Gasteiger partial charge in [0.25, 0.3) is 11.4 Å². The Morgan fingerprint density at radius 3 is 2.52 bits per heavy atom. The summed E-state index contributed by atoms with van der Waals surface area (Å²) in [4.78, 5) is 41.5. The van der Waals surface area contributed by atoms with Gasteiger partial charge in [-0.1, -0.05) is 47.9 Å². The van der Waals surface area contributed by atoms with Gasteiger partial charge in [0.15, 0.2) is 0 Å². The zero-order valence-corrected chi connectivity index (χ0v) is 32.4. The highest BCUT2D eigenvalue weighted by molar-refractivity contribution is 6.07. The van der Waals surface area contributed by atoms with E-state index in [4.69, 9.17) is 22.5 Å². The third-order valence-corrected chi connectivity index (χ3v) is 9.55. The number of urea groups is 1. The zero-order chi connectivity index (χ0) is 40.6. The summed E-state index contributed by atoms with van der Waals surface area (Å²) in [5.74, 6) is 3.78. The number of amides is 3. The minimum atomic E-state index is -0.896. The van der Waals surface area contributed by atoms with Crippen molar-refractivity contribution in [3.63, 3.8) is 0 Å². The summed E-state index contributed by atoms with van der Waals surface area (Å²) in [7, 11) is 0. The van der Waals surface area contributed by atoms with Gasteiger partial charge in [-0.25, -0.2) is 21.0 Å². The first-order chi connectivity index (χ1) is 28.1. The maximum atomic E-state index is 13.5. The summed E-state index contributed by atoms with van der Waals surface area (Å²) in [5.41, 5.74) is 3.47. The monoisotopic (exact) mass is 774 g/mol. The number of nitrogens with zero attached hydrogens (tertiary/aromatic N) is 6. The molecule has 0 aliphatic carbocycles. The van der Waals surface area contributed by atoms with Crippen LogP contribution in [0.3, 0.4) is 0 Å². The standard InChI is InChI=1S/C44H42N10O4/c1-6-30-25-31(41(55)46-19-20-53-21-23-57-24-22-53)27-32(26-30)48-42-47-18-17-40(51-42)58-37-16-15-36(34-9-7-8-10-35(34)37)49-43(56)50-39-28-38(44(3,4)45-5)52-54(39)33-13-11-29(2)12-14-33/h1,7-18,25-28H,19-24H2,2-4H3,(H,46,55)(H,47,48,51)(H2,49,50,56). The molecule has 7 rings (SSSR count). The van der Waals surface area contributed by atoms with Crippen LogP contribution in [0.5, 0.6) is 11.6 Å². The lowest BCUT2D eigenvalue weighted by Gasteiger charge is -2.26. The number of morpholine rings is 1. The second kappa shape index (κ2) is 17.3. The second-order valence-electron chi connectivity index (χ2n) is 14.2. The predicted octanol–water partition coefficient (Wildman–Crippen LogP) is 7.50. The van der Waals surface area contributed by atoms with Gasteiger partial charge in [0.2, 0.25) is 11.8 Å². The molecule has 1 aliphatic heterocycles. The lowest BCUT2D eigenvalue weighted by Crippen LogP contribution is -2.41. The number of fused-ring (bicyclic) bond motifs is 1. The number of anilines is 4. The smallest absolute Gasteiger partial charge is 0.324 e. The molecule has 0 atom stereocenters. The number of terminal acetylenes is 1. The number of hydrogen-bond donors (Lipinski definition) is 4. The topological polar surface area (TPSA) is 152 Å². The third-order valence-electron chi connectivity index (χ3n) is 9.55. The average molecular weight is 775 g/mol. The molecule has 0 radical (unpaired) electrons. The normalized spacial score (nSPS) is 12.9. The average Bonchev–Trinajstić information content (AvgIpc) is 3.66. The van der Waals surface area contributed by atoms with E-state index in [1.807, 2.05) is 55.5 Å². The van der Waals surface area contributed by atoms with Crippen molar-refractivity contribution in [2.24, 2.45) is 0 Å². The molecule has 292 valence electrons. The van der Waals surface area contributed by atoms with Crippen LogP contribution in [0.4, 0.5) is 27.9 Å². The molecule has 1 saturated heterocycles. The van der Waals surface area contributed by atoms with Crippen LogP contribution in [-0.4, -0.2) is 76.0 Å². The Morgan fingerprint density at radius 1 is 0.983 bits per heavy atom. The Labute approximate surface area is 336 Å². The first-order valence-corrected chi connectivity index (χ1v) is 18.7. The minimum absolute atomic E-state index is 0.234. The van der Waals surface area contributed by atoms with Gasteiger partial charge in [0.05, 0.1) is 24.6 Å². The van der Waals surface area contributed by atoms with Crippen molar-refractivity contribution in [3.05, 3.63) is 131 Å². The zero-order valence-electron chi connectivity index (χ0n) is 32.4.